The number of nitrogens with zero attached hydrogens (tertiary/aromatic N) is 3. The van der Waals surface area contributed by atoms with E-state index in [0.29, 0.717) is 40.6 Å². The van der Waals surface area contributed by atoms with Crippen molar-refractivity contribution in [3.8, 4) is 0 Å². The fourth-order valence-electron chi connectivity index (χ4n) is 4.14. The first-order valence-corrected chi connectivity index (χ1v) is 11.9. The third kappa shape index (κ3) is 4.37. The number of carbonyl (C=O) groups is 2. The molecule has 0 saturated carbocycles. The number of carboxylic acids is 1. The van der Waals surface area contributed by atoms with E-state index >= 15 is 0 Å². The molecule has 1 aliphatic heterocycles. The van der Waals surface area contributed by atoms with Gasteiger partial charge in [0.25, 0.3) is 5.56 Å². The highest BCUT2D eigenvalue weighted by Gasteiger charge is 2.43. The van der Waals surface area contributed by atoms with E-state index in [1.165, 1.54) is 11.8 Å². The number of carbonyl (C=O) groups excluding carboxylic acids is 1. The van der Waals surface area contributed by atoms with Crippen LogP contribution in [0.2, 0.25) is 5.02 Å². The lowest BCUT2D eigenvalue weighted by Crippen LogP contribution is -2.43. The summed E-state index contributed by atoms with van der Waals surface area (Å²) in [5.74, 6) is -1.67. The van der Waals surface area contributed by atoms with E-state index in [9.17, 15) is 19.5 Å². The number of aliphatic carboxylic acids is 1. The van der Waals surface area contributed by atoms with Gasteiger partial charge < -0.3 is 10.0 Å². The number of carboxylic acid groups (broad SMARTS) is 1. The molecule has 7 nitrogen and oxygen atoms in total. The van der Waals surface area contributed by atoms with Gasteiger partial charge in [-0.05, 0) is 44.0 Å². The SMILES string of the molecule is CCn1c(SC(C)(C(=O)N2CC[C@H](C(=O)O)C2)c2ccccc2)nc2ccc(Cl)cc2c1=O. The molecule has 0 spiro atoms. The number of halogens is 1. The Morgan fingerprint density at radius 2 is 1.97 bits per heavy atom. The molecule has 0 radical (unpaired) electrons. The van der Waals surface area contributed by atoms with Crippen molar-refractivity contribution >= 4 is 46.1 Å². The Labute approximate surface area is 200 Å². The van der Waals surface area contributed by atoms with Gasteiger partial charge >= 0.3 is 5.97 Å². The summed E-state index contributed by atoms with van der Waals surface area (Å²) in [6, 6.07) is 14.3. The van der Waals surface area contributed by atoms with Crippen LogP contribution in [0.1, 0.15) is 25.8 Å². The van der Waals surface area contributed by atoms with Gasteiger partial charge in [0.2, 0.25) is 5.91 Å². The van der Waals surface area contributed by atoms with Crippen molar-refractivity contribution in [3.63, 3.8) is 0 Å². The van der Waals surface area contributed by atoms with Crippen LogP contribution in [-0.4, -0.2) is 44.5 Å². The van der Waals surface area contributed by atoms with Gasteiger partial charge in [0.15, 0.2) is 5.16 Å². The summed E-state index contributed by atoms with van der Waals surface area (Å²) in [5.41, 5.74) is 1.04. The van der Waals surface area contributed by atoms with Crippen molar-refractivity contribution in [2.75, 3.05) is 13.1 Å². The largest absolute Gasteiger partial charge is 0.481 e. The zero-order valence-corrected chi connectivity index (χ0v) is 19.9. The summed E-state index contributed by atoms with van der Waals surface area (Å²) in [6.45, 7) is 4.58. The van der Waals surface area contributed by atoms with Gasteiger partial charge in [0.1, 0.15) is 4.75 Å². The number of amides is 1. The minimum atomic E-state index is -1.11. The molecule has 33 heavy (non-hydrogen) atoms. The zero-order valence-electron chi connectivity index (χ0n) is 18.3. The molecule has 1 unspecified atom stereocenters. The minimum absolute atomic E-state index is 0.168. The average molecular weight is 486 g/mol. The number of likely N-dealkylation sites (tertiary alicyclic amines) is 1. The Hall–Kier alpha value is -2.84. The number of thioether (sulfide) groups is 1. The van der Waals surface area contributed by atoms with Crippen molar-refractivity contribution in [3.05, 3.63) is 69.5 Å². The fourth-order valence-corrected chi connectivity index (χ4v) is 5.62. The van der Waals surface area contributed by atoms with Crippen LogP contribution in [0.5, 0.6) is 0 Å². The number of rotatable bonds is 6. The lowest BCUT2D eigenvalue weighted by atomic mass is 9.98. The van der Waals surface area contributed by atoms with Gasteiger partial charge in [-0.2, -0.15) is 0 Å². The maximum atomic E-state index is 13.8. The molecular formula is C24H24ClN3O4S. The first-order valence-electron chi connectivity index (χ1n) is 10.7. The summed E-state index contributed by atoms with van der Waals surface area (Å²) in [6.07, 6.45) is 0.422. The monoisotopic (exact) mass is 485 g/mol. The summed E-state index contributed by atoms with van der Waals surface area (Å²) in [5, 5.41) is 10.7. The number of benzene rings is 2. The number of fused-ring (bicyclic) bond motifs is 1. The summed E-state index contributed by atoms with van der Waals surface area (Å²) in [7, 11) is 0. The third-order valence-corrected chi connectivity index (χ3v) is 7.60. The number of hydrogen-bond acceptors (Lipinski definition) is 5. The second kappa shape index (κ2) is 9.19. The molecule has 2 atom stereocenters. The second-order valence-corrected chi connectivity index (χ2v) is 10.0. The molecule has 1 fully saturated rings. The molecule has 2 heterocycles. The highest BCUT2D eigenvalue weighted by molar-refractivity contribution is 8.00. The molecule has 9 heteroatoms. The molecular weight excluding hydrogens is 462 g/mol. The molecule has 1 saturated heterocycles. The molecule has 4 rings (SSSR count). The predicted molar refractivity (Wildman–Crippen MR) is 129 cm³/mol. The Morgan fingerprint density at radius 3 is 2.61 bits per heavy atom. The summed E-state index contributed by atoms with van der Waals surface area (Å²) < 4.78 is 0.437. The molecule has 2 aromatic carbocycles. The van der Waals surface area contributed by atoms with Crippen LogP contribution in [0, 0.1) is 5.92 Å². The molecule has 1 amide bonds. The lowest BCUT2D eigenvalue weighted by molar-refractivity contribution is -0.141. The van der Waals surface area contributed by atoms with Gasteiger partial charge in [-0.25, -0.2) is 4.98 Å². The molecule has 3 aromatic rings. The Morgan fingerprint density at radius 1 is 1.24 bits per heavy atom. The Balaban J connectivity index is 1.81. The van der Waals surface area contributed by atoms with Crippen LogP contribution in [0.25, 0.3) is 10.9 Å². The van der Waals surface area contributed by atoms with E-state index in [1.807, 2.05) is 44.2 Å². The first-order chi connectivity index (χ1) is 15.7. The van der Waals surface area contributed by atoms with Crippen molar-refractivity contribution in [1.82, 2.24) is 14.5 Å². The van der Waals surface area contributed by atoms with Crippen LogP contribution in [0.4, 0.5) is 0 Å². The smallest absolute Gasteiger partial charge is 0.308 e. The maximum absolute atomic E-state index is 13.8. The quantitative estimate of drug-likeness (QED) is 0.419. The van der Waals surface area contributed by atoms with Gasteiger partial charge in [0.05, 0.1) is 16.8 Å². The second-order valence-electron chi connectivity index (χ2n) is 8.18. The highest BCUT2D eigenvalue weighted by atomic mass is 35.5. The van der Waals surface area contributed by atoms with Gasteiger partial charge in [-0.15, -0.1) is 0 Å². The van der Waals surface area contributed by atoms with E-state index in [2.05, 4.69) is 0 Å². The van der Waals surface area contributed by atoms with Crippen LogP contribution < -0.4 is 5.56 Å². The Kier molecular flexibility index (Phi) is 6.50. The fraction of sp³-hybridized carbons (Fsp3) is 0.333. The minimum Gasteiger partial charge on any atom is -0.481 e. The topological polar surface area (TPSA) is 92.5 Å². The van der Waals surface area contributed by atoms with E-state index in [4.69, 9.17) is 16.6 Å². The molecule has 172 valence electrons. The number of hydrogen-bond donors (Lipinski definition) is 1. The summed E-state index contributed by atoms with van der Waals surface area (Å²) in [4.78, 5) is 44.8. The van der Waals surface area contributed by atoms with Crippen LogP contribution in [-0.2, 0) is 20.9 Å². The van der Waals surface area contributed by atoms with Gasteiger partial charge in [-0.3, -0.25) is 19.0 Å². The number of aromatic nitrogens is 2. The van der Waals surface area contributed by atoms with Crippen molar-refractivity contribution in [2.24, 2.45) is 5.92 Å². The third-order valence-electron chi connectivity index (χ3n) is 6.05. The molecule has 1 aromatic heterocycles. The van der Waals surface area contributed by atoms with E-state index < -0.39 is 16.6 Å². The lowest BCUT2D eigenvalue weighted by Gasteiger charge is -2.32. The van der Waals surface area contributed by atoms with Crippen LogP contribution in [0.3, 0.4) is 0 Å². The molecule has 0 aliphatic carbocycles. The average Bonchev–Trinajstić information content (AvgIpc) is 3.30. The normalized spacial score (nSPS) is 17.8. The Bertz CT molecular complexity index is 1280. The van der Waals surface area contributed by atoms with Gasteiger partial charge in [0, 0.05) is 24.7 Å². The van der Waals surface area contributed by atoms with Crippen molar-refractivity contribution < 1.29 is 14.7 Å². The highest BCUT2D eigenvalue weighted by Crippen LogP contribution is 2.43. The maximum Gasteiger partial charge on any atom is 0.308 e. The molecule has 1 aliphatic rings. The molecule has 0 bridgehead atoms. The zero-order chi connectivity index (χ0) is 23.8. The van der Waals surface area contributed by atoms with Gasteiger partial charge in [-0.1, -0.05) is 53.7 Å². The van der Waals surface area contributed by atoms with Crippen molar-refractivity contribution in [2.45, 2.75) is 36.7 Å². The van der Waals surface area contributed by atoms with Crippen LogP contribution >= 0.6 is 23.4 Å². The predicted octanol–water partition coefficient (Wildman–Crippen LogP) is 4.01. The van der Waals surface area contributed by atoms with Crippen molar-refractivity contribution in [1.29, 1.82) is 0 Å². The van der Waals surface area contributed by atoms with E-state index in [1.54, 1.807) is 27.7 Å². The first kappa shape index (κ1) is 23.3. The van der Waals surface area contributed by atoms with E-state index in [-0.39, 0.29) is 18.0 Å². The van der Waals surface area contributed by atoms with E-state index in [0.717, 1.165) is 5.56 Å². The van der Waals surface area contributed by atoms with Crippen LogP contribution in [0.15, 0.2) is 58.5 Å². The molecule has 1 N–H and O–H groups in total. The summed E-state index contributed by atoms with van der Waals surface area (Å²) >= 11 is 7.30. The standard InChI is InChI=1S/C24H24ClN3O4S/c1-3-28-20(29)18-13-17(25)9-10-19(18)26-23(28)33-24(2,16-7-5-4-6-8-16)22(32)27-12-11-15(14-27)21(30)31/h4-10,13,15H,3,11-12,14H2,1-2H3,(H,30,31)/t15-,24?/m0/s1.